The van der Waals surface area contributed by atoms with E-state index in [0.717, 1.165) is 47.1 Å². The highest BCUT2D eigenvalue weighted by molar-refractivity contribution is 6.03. The van der Waals surface area contributed by atoms with Gasteiger partial charge in [-0.2, -0.15) is 0 Å². The summed E-state index contributed by atoms with van der Waals surface area (Å²) in [5.41, 5.74) is 3.55. The van der Waals surface area contributed by atoms with Gasteiger partial charge in [-0.05, 0) is 31.9 Å². The number of benzene rings is 1. The Morgan fingerprint density at radius 1 is 1.32 bits per heavy atom. The fourth-order valence-electron chi connectivity index (χ4n) is 3.50. The molecule has 0 radical (unpaired) electrons. The summed E-state index contributed by atoms with van der Waals surface area (Å²) in [6.45, 7) is 2.03. The Kier molecular flexibility index (Phi) is 3.06. The lowest BCUT2D eigenvalue weighted by atomic mass is 10.1. The number of aromatic nitrogens is 4. The molecule has 1 fully saturated rings. The third-order valence-corrected chi connectivity index (χ3v) is 4.63. The molecule has 0 atom stereocenters. The number of H-pyrrole nitrogens is 1. The van der Waals surface area contributed by atoms with Crippen molar-refractivity contribution in [3.63, 3.8) is 0 Å². The molecule has 0 aliphatic heterocycles. The summed E-state index contributed by atoms with van der Waals surface area (Å²) in [5.74, 6) is 0.767. The average Bonchev–Trinajstić information content (AvgIpc) is 3.24. The maximum atomic E-state index is 11.7. The van der Waals surface area contributed by atoms with Gasteiger partial charge in [0.05, 0.1) is 11.3 Å². The van der Waals surface area contributed by atoms with Crippen LogP contribution in [0.4, 0.5) is 0 Å². The molecule has 5 nitrogen and oxygen atoms in total. The molecule has 0 unspecified atom stereocenters. The highest BCUT2D eigenvalue weighted by Crippen LogP contribution is 2.34. The topological polar surface area (TPSA) is 63.6 Å². The minimum absolute atomic E-state index is 0.442. The zero-order valence-electron chi connectivity index (χ0n) is 12.5. The van der Waals surface area contributed by atoms with Crippen molar-refractivity contribution in [2.24, 2.45) is 0 Å². The summed E-state index contributed by atoms with van der Waals surface area (Å²) in [5, 5.41) is 9.31. The van der Waals surface area contributed by atoms with Crippen LogP contribution in [0.15, 0.2) is 24.5 Å². The van der Waals surface area contributed by atoms with Gasteiger partial charge in [-0.25, -0.2) is 0 Å². The zero-order chi connectivity index (χ0) is 15.1. The van der Waals surface area contributed by atoms with Gasteiger partial charge in [0.25, 0.3) is 0 Å². The number of hydrogen-bond acceptors (Lipinski definition) is 3. The number of rotatable bonds is 3. The maximum Gasteiger partial charge on any atom is 0.181 e. The van der Waals surface area contributed by atoms with Crippen molar-refractivity contribution >= 4 is 17.2 Å². The first-order valence-corrected chi connectivity index (χ1v) is 7.75. The van der Waals surface area contributed by atoms with Crippen molar-refractivity contribution in [1.29, 1.82) is 0 Å². The normalized spacial score (nSPS) is 15.7. The lowest BCUT2D eigenvalue weighted by molar-refractivity contribution is 0.112. The monoisotopic (exact) mass is 294 g/mol. The largest absolute Gasteiger partial charge is 0.351 e. The van der Waals surface area contributed by atoms with E-state index in [1.54, 1.807) is 6.33 Å². The lowest BCUT2D eigenvalue weighted by Gasteiger charge is -2.13. The van der Waals surface area contributed by atoms with Gasteiger partial charge >= 0.3 is 0 Å². The minimum Gasteiger partial charge on any atom is -0.351 e. The summed E-state index contributed by atoms with van der Waals surface area (Å²) < 4.78 is 2.12. The van der Waals surface area contributed by atoms with Crippen LogP contribution in [0.5, 0.6) is 0 Å². The van der Waals surface area contributed by atoms with Crippen LogP contribution in [0.2, 0.25) is 0 Å². The first-order valence-electron chi connectivity index (χ1n) is 7.75. The summed E-state index contributed by atoms with van der Waals surface area (Å²) in [6, 6.07) is 6.53. The van der Waals surface area contributed by atoms with Crippen LogP contribution < -0.4 is 0 Å². The van der Waals surface area contributed by atoms with Crippen molar-refractivity contribution in [2.75, 3.05) is 0 Å². The second-order valence-electron chi connectivity index (χ2n) is 6.08. The average molecular weight is 294 g/mol. The number of aromatic amines is 1. The predicted octanol–water partition coefficient (Wildman–Crippen LogP) is 3.66. The summed E-state index contributed by atoms with van der Waals surface area (Å²) in [4.78, 5) is 15.0. The van der Waals surface area contributed by atoms with E-state index in [4.69, 9.17) is 0 Å². The number of nitrogens with zero attached hydrogens (tertiary/aromatic N) is 3. The maximum absolute atomic E-state index is 11.7. The molecule has 1 aromatic carbocycles. The quantitative estimate of drug-likeness (QED) is 0.750. The first-order chi connectivity index (χ1) is 10.8. The predicted molar refractivity (Wildman–Crippen MR) is 84.9 cm³/mol. The summed E-state index contributed by atoms with van der Waals surface area (Å²) >= 11 is 0. The molecule has 2 aromatic heterocycles. The fraction of sp³-hybridized carbons (Fsp3) is 0.353. The Bertz CT molecular complexity index is 840. The molecule has 1 N–H and O–H groups in total. The summed E-state index contributed by atoms with van der Waals surface area (Å²) in [6.07, 6.45) is 7.50. The zero-order valence-corrected chi connectivity index (χ0v) is 12.5. The number of hydrogen-bond donors (Lipinski definition) is 1. The number of carbonyl (C=O) groups is 1. The molecule has 22 heavy (non-hydrogen) atoms. The first kappa shape index (κ1) is 13.2. The van der Waals surface area contributed by atoms with Gasteiger partial charge in [0.1, 0.15) is 6.33 Å². The Labute approximate surface area is 128 Å². The van der Waals surface area contributed by atoms with Gasteiger partial charge in [-0.3, -0.25) is 4.79 Å². The molecule has 1 aliphatic rings. The molecular weight excluding hydrogens is 276 g/mol. The van der Waals surface area contributed by atoms with Crippen LogP contribution >= 0.6 is 0 Å². The van der Waals surface area contributed by atoms with Crippen LogP contribution in [0.1, 0.15) is 47.6 Å². The third-order valence-electron chi connectivity index (χ3n) is 4.63. The standard InChI is InChI=1S/C17H18N4O/c1-11-6-7-15-13(8-11)14(9-22)16(19-15)17-20-18-10-21(17)12-4-2-3-5-12/h6-10,12,19H,2-5H2,1H3. The van der Waals surface area contributed by atoms with Gasteiger partial charge in [-0.15, -0.1) is 10.2 Å². The van der Waals surface area contributed by atoms with E-state index in [0.29, 0.717) is 11.6 Å². The van der Waals surface area contributed by atoms with Crippen LogP contribution in [-0.2, 0) is 0 Å². The van der Waals surface area contributed by atoms with Gasteiger partial charge in [0.15, 0.2) is 12.1 Å². The van der Waals surface area contributed by atoms with Crippen molar-refractivity contribution in [2.45, 2.75) is 38.6 Å². The molecule has 2 heterocycles. The van der Waals surface area contributed by atoms with E-state index in [1.165, 1.54) is 12.8 Å². The number of nitrogens with one attached hydrogen (secondary N) is 1. The second kappa shape index (κ2) is 5.09. The Morgan fingerprint density at radius 3 is 2.91 bits per heavy atom. The van der Waals surface area contributed by atoms with Gasteiger partial charge in [0.2, 0.25) is 0 Å². The van der Waals surface area contributed by atoms with Crippen LogP contribution in [-0.4, -0.2) is 26.0 Å². The van der Waals surface area contributed by atoms with E-state index in [2.05, 4.69) is 19.7 Å². The van der Waals surface area contributed by atoms with Gasteiger partial charge < -0.3 is 9.55 Å². The second-order valence-corrected chi connectivity index (χ2v) is 6.08. The molecule has 0 bridgehead atoms. The van der Waals surface area contributed by atoms with E-state index in [9.17, 15) is 4.79 Å². The van der Waals surface area contributed by atoms with Crippen LogP contribution in [0.3, 0.4) is 0 Å². The van der Waals surface area contributed by atoms with Gasteiger partial charge in [0, 0.05) is 16.9 Å². The van der Waals surface area contributed by atoms with Crippen molar-refractivity contribution < 1.29 is 4.79 Å². The van der Waals surface area contributed by atoms with E-state index < -0.39 is 0 Å². The molecule has 1 saturated carbocycles. The van der Waals surface area contributed by atoms with Crippen molar-refractivity contribution in [3.8, 4) is 11.5 Å². The molecule has 5 heteroatoms. The highest BCUT2D eigenvalue weighted by Gasteiger charge is 2.23. The van der Waals surface area contributed by atoms with E-state index in [-0.39, 0.29) is 0 Å². The molecule has 3 aromatic rings. The minimum atomic E-state index is 0.442. The third kappa shape index (κ3) is 1.96. The Balaban J connectivity index is 1.91. The molecule has 0 saturated heterocycles. The molecule has 1 aliphatic carbocycles. The lowest BCUT2D eigenvalue weighted by Crippen LogP contribution is -2.06. The molecule has 0 amide bonds. The van der Waals surface area contributed by atoms with Gasteiger partial charge in [-0.1, -0.05) is 24.5 Å². The van der Waals surface area contributed by atoms with Crippen LogP contribution in [0.25, 0.3) is 22.4 Å². The molecular formula is C17H18N4O. The Morgan fingerprint density at radius 2 is 2.14 bits per heavy atom. The molecule has 112 valence electrons. The highest BCUT2D eigenvalue weighted by atomic mass is 16.1. The fourth-order valence-corrected chi connectivity index (χ4v) is 3.50. The van der Waals surface area contributed by atoms with E-state index in [1.807, 2.05) is 25.1 Å². The molecule has 4 rings (SSSR count). The SMILES string of the molecule is Cc1ccc2[nH]c(-c3nncn3C3CCCC3)c(C=O)c2c1. The Hall–Kier alpha value is -2.43. The van der Waals surface area contributed by atoms with Crippen molar-refractivity contribution in [3.05, 3.63) is 35.7 Å². The van der Waals surface area contributed by atoms with E-state index >= 15 is 0 Å². The number of carbonyl (C=O) groups excluding carboxylic acids is 1. The summed E-state index contributed by atoms with van der Waals surface area (Å²) in [7, 11) is 0. The van der Waals surface area contributed by atoms with Crippen LogP contribution in [0, 0.1) is 6.92 Å². The number of aldehydes is 1. The molecule has 0 spiro atoms. The smallest absolute Gasteiger partial charge is 0.181 e. The van der Waals surface area contributed by atoms with Crippen molar-refractivity contribution in [1.82, 2.24) is 19.7 Å². The number of aryl methyl sites for hydroxylation is 1. The number of fused-ring (bicyclic) bond motifs is 1.